The summed E-state index contributed by atoms with van der Waals surface area (Å²) in [5.74, 6) is -1.27. The molecule has 1 aliphatic rings. The van der Waals surface area contributed by atoms with Gasteiger partial charge in [0.15, 0.2) is 0 Å². The molecule has 0 saturated carbocycles. The second kappa shape index (κ2) is 6.27. The van der Waals surface area contributed by atoms with E-state index in [0.29, 0.717) is 15.8 Å². The number of benzene rings is 1. The number of hydrogen-bond donors (Lipinski definition) is 1. The second-order valence-corrected chi connectivity index (χ2v) is 8.42. The standard InChI is InChI=1S/C20H19FN2O3S/c1-20(2,19(25)26)23-15(10-11-6-3-4-8-13(11)21)22-17-16(18(23)24)12-7-5-9-14(12)27-17/h3-4,6,8H,5,7,9-10H2,1-2H3,(H,25,26). The summed E-state index contributed by atoms with van der Waals surface area (Å²) in [6.45, 7) is 2.95. The Morgan fingerprint density at radius 3 is 2.78 bits per heavy atom. The quantitative estimate of drug-likeness (QED) is 0.745. The Morgan fingerprint density at radius 2 is 2.07 bits per heavy atom. The molecule has 0 atom stereocenters. The van der Waals surface area contributed by atoms with Gasteiger partial charge in [0.2, 0.25) is 0 Å². The number of hydrogen-bond acceptors (Lipinski definition) is 4. The van der Waals surface area contributed by atoms with Crippen molar-refractivity contribution < 1.29 is 14.3 Å². The third-order valence-corrected chi connectivity index (χ3v) is 6.38. The highest BCUT2D eigenvalue weighted by atomic mass is 32.1. The minimum atomic E-state index is -1.49. The molecule has 140 valence electrons. The van der Waals surface area contributed by atoms with Crippen molar-refractivity contribution in [1.82, 2.24) is 9.55 Å². The van der Waals surface area contributed by atoms with Crippen LogP contribution >= 0.6 is 11.3 Å². The van der Waals surface area contributed by atoms with E-state index >= 15 is 0 Å². The van der Waals surface area contributed by atoms with Gasteiger partial charge in [-0.3, -0.25) is 9.36 Å². The third-order valence-electron chi connectivity index (χ3n) is 5.20. The van der Waals surface area contributed by atoms with Gasteiger partial charge in [-0.1, -0.05) is 18.2 Å². The van der Waals surface area contributed by atoms with E-state index in [1.165, 1.54) is 35.8 Å². The van der Waals surface area contributed by atoms with Crippen LogP contribution in [-0.2, 0) is 29.6 Å². The lowest BCUT2D eigenvalue weighted by molar-refractivity contribution is -0.146. The van der Waals surface area contributed by atoms with Crippen molar-refractivity contribution in [1.29, 1.82) is 0 Å². The van der Waals surface area contributed by atoms with Gasteiger partial charge in [0.25, 0.3) is 5.56 Å². The molecule has 0 spiro atoms. The molecular weight excluding hydrogens is 367 g/mol. The van der Waals surface area contributed by atoms with Crippen molar-refractivity contribution in [3.63, 3.8) is 0 Å². The molecule has 1 N–H and O–H groups in total. The van der Waals surface area contributed by atoms with E-state index in [1.54, 1.807) is 18.2 Å². The molecular formula is C20H19FN2O3S. The lowest BCUT2D eigenvalue weighted by Crippen LogP contribution is -2.45. The highest BCUT2D eigenvalue weighted by Crippen LogP contribution is 2.35. The summed E-state index contributed by atoms with van der Waals surface area (Å²) in [6, 6.07) is 6.27. The van der Waals surface area contributed by atoms with Crippen LogP contribution in [-0.4, -0.2) is 20.6 Å². The molecule has 5 nitrogen and oxygen atoms in total. The van der Waals surface area contributed by atoms with Crippen molar-refractivity contribution in [2.24, 2.45) is 0 Å². The summed E-state index contributed by atoms with van der Waals surface area (Å²) in [7, 11) is 0. The maximum Gasteiger partial charge on any atom is 0.329 e. The molecule has 0 saturated heterocycles. The summed E-state index contributed by atoms with van der Waals surface area (Å²) < 4.78 is 15.4. The Kier molecular flexibility index (Phi) is 4.14. The first-order valence-electron chi connectivity index (χ1n) is 8.84. The molecule has 27 heavy (non-hydrogen) atoms. The predicted octanol–water partition coefficient (Wildman–Crippen LogP) is 3.50. The van der Waals surface area contributed by atoms with Gasteiger partial charge in [-0.05, 0) is 50.3 Å². The molecule has 0 aliphatic heterocycles. The zero-order valence-corrected chi connectivity index (χ0v) is 15.9. The minimum absolute atomic E-state index is 0.0527. The van der Waals surface area contributed by atoms with E-state index in [2.05, 4.69) is 4.98 Å². The summed E-state index contributed by atoms with van der Waals surface area (Å²) in [4.78, 5) is 31.7. The summed E-state index contributed by atoms with van der Waals surface area (Å²) in [5.41, 5.74) is -0.465. The van der Waals surface area contributed by atoms with E-state index in [4.69, 9.17) is 0 Å². The Morgan fingerprint density at radius 1 is 1.33 bits per heavy atom. The normalized spacial score (nSPS) is 13.9. The molecule has 0 unspecified atom stereocenters. The van der Waals surface area contributed by atoms with Crippen molar-refractivity contribution in [2.75, 3.05) is 0 Å². The number of thiophene rings is 1. The van der Waals surface area contributed by atoms with Crippen LogP contribution in [0.3, 0.4) is 0 Å². The van der Waals surface area contributed by atoms with E-state index in [0.717, 1.165) is 29.7 Å². The molecule has 1 aliphatic carbocycles. The Bertz CT molecular complexity index is 1130. The van der Waals surface area contributed by atoms with Crippen LogP contribution in [0.5, 0.6) is 0 Å². The van der Waals surface area contributed by atoms with Crippen molar-refractivity contribution in [2.45, 2.75) is 45.1 Å². The van der Waals surface area contributed by atoms with Gasteiger partial charge in [0.05, 0.1) is 5.39 Å². The number of carbonyl (C=O) groups is 1. The second-order valence-electron chi connectivity index (χ2n) is 7.34. The molecule has 2 heterocycles. The zero-order valence-electron chi connectivity index (χ0n) is 15.1. The fraction of sp³-hybridized carbons (Fsp3) is 0.350. The molecule has 0 radical (unpaired) electrons. The molecule has 2 aromatic heterocycles. The maximum absolute atomic E-state index is 14.2. The Balaban J connectivity index is 2.01. The van der Waals surface area contributed by atoms with Gasteiger partial charge in [-0.2, -0.15) is 0 Å². The molecule has 0 bridgehead atoms. The number of aromatic nitrogens is 2. The van der Waals surface area contributed by atoms with Crippen LogP contribution in [0.4, 0.5) is 4.39 Å². The van der Waals surface area contributed by atoms with Gasteiger partial charge in [0, 0.05) is 11.3 Å². The number of aliphatic carboxylic acids is 1. The van der Waals surface area contributed by atoms with Crippen molar-refractivity contribution in [3.8, 4) is 0 Å². The molecule has 0 amide bonds. The minimum Gasteiger partial charge on any atom is -0.480 e. The number of rotatable bonds is 4. The third kappa shape index (κ3) is 2.77. The molecule has 4 rings (SSSR count). The topological polar surface area (TPSA) is 72.2 Å². The lowest BCUT2D eigenvalue weighted by Gasteiger charge is -2.25. The molecule has 0 fully saturated rings. The first-order valence-corrected chi connectivity index (χ1v) is 9.66. The summed E-state index contributed by atoms with van der Waals surface area (Å²) in [5, 5.41) is 10.2. The van der Waals surface area contributed by atoms with Crippen LogP contribution in [0.2, 0.25) is 0 Å². The highest BCUT2D eigenvalue weighted by Gasteiger charge is 2.35. The van der Waals surface area contributed by atoms with E-state index in [-0.39, 0.29) is 17.8 Å². The van der Waals surface area contributed by atoms with Crippen LogP contribution < -0.4 is 5.56 Å². The average molecular weight is 386 g/mol. The predicted molar refractivity (Wildman–Crippen MR) is 102 cm³/mol. The number of fused-ring (bicyclic) bond motifs is 3. The molecule has 3 aromatic rings. The van der Waals surface area contributed by atoms with E-state index in [9.17, 15) is 19.1 Å². The smallest absolute Gasteiger partial charge is 0.329 e. The van der Waals surface area contributed by atoms with Gasteiger partial charge in [-0.15, -0.1) is 11.3 Å². The number of nitrogens with zero attached hydrogens (tertiary/aromatic N) is 2. The van der Waals surface area contributed by atoms with Gasteiger partial charge >= 0.3 is 5.97 Å². The average Bonchev–Trinajstić information content (AvgIpc) is 3.17. The fourth-order valence-corrected chi connectivity index (χ4v) is 4.96. The first kappa shape index (κ1) is 17.9. The number of carboxylic acid groups (broad SMARTS) is 1. The van der Waals surface area contributed by atoms with Crippen LogP contribution in [0.1, 0.15) is 42.1 Å². The van der Waals surface area contributed by atoms with Gasteiger partial charge in [0.1, 0.15) is 22.0 Å². The van der Waals surface area contributed by atoms with E-state index < -0.39 is 17.3 Å². The summed E-state index contributed by atoms with van der Waals surface area (Å²) in [6.07, 6.45) is 2.78. The lowest BCUT2D eigenvalue weighted by atomic mass is 10.0. The van der Waals surface area contributed by atoms with Crippen LogP contribution in [0.15, 0.2) is 29.1 Å². The number of carboxylic acids is 1. The molecule has 1 aromatic carbocycles. The largest absolute Gasteiger partial charge is 0.480 e. The summed E-state index contributed by atoms with van der Waals surface area (Å²) >= 11 is 1.49. The SMILES string of the molecule is CC(C)(C(=O)O)n1c(Cc2ccccc2F)nc2sc3c(c2c1=O)CCC3. The zero-order chi connectivity index (χ0) is 19.3. The highest BCUT2D eigenvalue weighted by molar-refractivity contribution is 7.18. The van der Waals surface area contributed by atoms with E-state index in [1.807, 2.05) is 0 Å². The van der Waals surface area contributed by atoms with Crippen molar-refractivity contribution in [3.05, 3.63) is 62.3 Å². The monoisotopic (exact) mass is 386 g/mol. The maximum atomic E-state index is 14.2. The van der Waals surface area contributed by atoms with Gasteiger partial charge in [-0.25, -0.2) is 14.2 Å². The van der Waals surface area contributed by atoms with Crippen molar-refractivity contribution >= 4 is 27.5 Å². The van der Waals surface area contributed by atoms with Crippen LogP contribution in [0, 0.1) is 5.82 Å². The Hall–Kier alpha value is -2.54. The fourth-order valence-electron chi connectivity index (χ4n) is 3.69. The Labute approximate surface area is 159 Å². The molecule has 7 heteroatoms. The first-order chi connectivity index (χ1) is 12.8. The number of aryl methyl sites for hydroxylation is 2. The van der Waals surface area contributed by atoms with Gasteiger partial charge < -0.3 is 5.11 Å². The van der Waals surface area contributed by atoms with Crippen LogP contribution in [0.25, 0.3) is 10.2 Å². The number of halogens is 1.